The van der Waals surface area contributed by atoms with Crippen molar-refractivity contribution in [3.05, 3.63) is 64.0 Å². The maximum Gasteiger partial charge on any atom is 0.137 e. The monoisotopic (exact) mass is 335 g/mol. The molecule has 3 aromatic rings. The third-order valence-electron chi connectivity index (χ3n) is 2.80. The first-order valence-corrected chi connectivity index (χ1v) is 7.01. The molecule has 2 aromatic heterocycles. The zero-order valence-corrected chi connectivity index (χ0v) is 12.3. The van der Waals surface area contributed by atoms with Gasteiger partial charge in [0.15, 0.2) is 0 Å². The first-order valence-electron chi connectivity index (χ1n) is 5.84. The molecular formula is C14H11BrClN3. The van der Waals surface area contributed by atoms with E-state index in [4.69, 9.17) is 11.6 Å². The molecule has 0 bridgehead atoms. The quantitative estimate of drug-likeness (QED) is 0.770. The number of rotatable bonds is 3. The van der Waals surface area contributed by atoms with Gasteiger partial charge in [-0.1, -0.05) is 17.7 Å². The van der Waals surface area contributed by atoms with Gasteiger partial charge in [-0.3, -0.25) is 0 Å². The SMILES string of the molecule is Clc1ccc(Br)c(NCc2cn3ccccc3n2)c1. The summed E-state index contributed by atoms with van der Waals surface area (Å²) in [5, 5.41) is 4.03. The van der Waals surface area contributed by atoms with Crippen molar-refractivity contribution < 1.29 is 0 Å². The van der Waals surface area contributed by atoms with E-state index in [1.807, 2.05) is 53.2 Å². The van der Waals surface area contributed by atoms with Gasteiger partial charge in [0, 0.05) is 21.9 Å². The molecule has 0 radical (unpaired) electrons. The topological polar surface area (TPSA) is 29.3 Å². The molecule has 1 N–H and O–H groups in total. The molecule has 0 aliphatic carbocycles. The van der Waals surface area contributed by atoms with E-state index in [2.05, 4.69) is 26.2 Å². The molecule has 0 saturated heterocycles. The van der Waals surface area contributed by atoms with Gasteiger partial charge in [-0.25, -0.2) is 4.98 Å². The minimum absolute atomic E-state index is 0.653. The van der Waals surface area contributed by atoms with Crippen LogP contribution in [-0.2, 0) is 6.54 Å². The van der Waals surface area contributed by atoms with Gasteiger partial charge >= 0.3 is 0 Å². The van der Waals surface area contributed by atoms with Crippen LogP contribution in [0.4, 0.5) is 5.69 Å². The van der Waals surface area contributed by atoms with Crippen molar-refractivity contribution in [2.75, 3.05) is 5.32 Å². The van der Waals surface area contributed by atoms with Crippen LogP contribution in [0.1, 0.15) is 5.69 Å². The fourth-order valence-electron chi connectivity index (χ4n) is 1.89. The zero-order chi connectivity index (χ0) is 13.2. The Hall–Kier alpha value is -1.52. The van der Waals surface area contributed by atoms with E-state index >= 15 is 0 Å². The Balaban J connectivity index is 1.80. The van der Waals surface area contributed by atoms with E-state index in [1.54, 1.807) is 0 Å². The van der Waals surface area contributed by atoms with Crippen molar-refractivity contribution in [2.45, 2.75) is 6.54 Å². The smallest absolute Gasteiger partial charge is 0.137 e. The van der Waals surface area contributed by atoms with Crippen LogP contribution in [-0.4, -0.2) is 9.38 Å². The number of imidazole rings is 1. The number of nitrogens with one attached hydrogen (secondary N) is 1. The molecule has 1 aromatic carbocycles. The number of nitrogens with zero attached hydrogens (tertiary/aromatic N) is 2. The highest BCUT2D eigenvalue weighted by Gasteiger charge is 2.03. The summed E-state index contributed by atoms with van der Waals surface area (Å²) in [5.74, 6) is 0. The highest BCUT2D eigenvalue weighted by Crippen LogP contribution is 2.26. The predicted octanol–water partition coefficient (Wildman–Crippen LogP) is 4.36. The second-order valence-electron chi connectivity index (χ2n) is 4.18. The van der Waals surface area contributed by atoms with Gasteiger partial charge in [0.1, 0.15) is 5.65 Å². The van der Waals surface area contributed by atoms with Crippen molar-refractivity contribution >= 4 is 38.9 Å². The Labute approximate surface area is 124 Å². The van der Waals surface area contributed by atoms with Gasteiger partial charge in [0.25, 0.3) is 0 Å². The van der Waals surface area contributed by atoms with Crippen molar-refractivity contribution in [3.8, 4) is 0 Å². The van der Waals surface area contributed by atoms with Crippen LogP contribution in [0, 0.1) is 0 Å². The number of fused-ring (bicyclic) bond motifs is 1. The van der Waals surface area contributed by atoms with Crippen LogP contribution in [0.3, 0.4) is 0 Å². The number of hydrogen-bond acceptors (Lipinski definition) is 2. The summed E-state index contributed by atoms with van der Waals surface area (Å²) in [5.41, 5.74) is 2.90. The molecule has 0 unspecified atom stereocenters. The average molecular weight is 337 g/mol. The third kappa shape index (κ3) is 2.74. The van der Waals surface area contributed by atoms with Crippen LogP contribution in [0.25, 0.3) is 5.65 Å². The van der Waals surface area contributed by atoms with E-state index in [1.165, 1.54) is 0 Å². The lowest BCUT2D eigenvalue weighted by atomic mass is 10.3. The Bertz CT molecular complexity index is 691. The first-order chi connectivity index (χ1) is 9.22. The van der Waals surface area contributed by atoms with Gasteiger partial charge in [0.2, 0.25) is 0 Å². The Morgan fingerprint density at radius 2 is 2.16 bits per heavy atom. The summed E-state index contributed by atoms with van der Waals surface area (Å²) in [6.45, 7) is 0.653. The van der Waals surface area contributed by atoms with Crippen molar-refractivity contribution in [2.24, 2.45) is 0 Å². The predicted molar refractivity (Wildman–Crippen MR) is 81.7 cm³/mol. The highest BCUT2D eigenvalue weighted by atomic mass is 79.9. The molecule has 96 valence electrons. The second-order valence-corrected chi connectivity index (χ2v) is 5.47. The number of pyridine rings is 1. The summed E-state index contributed by atoms with van der Waals surface area (Å²) < 4.78 is 2.99. The number of halogens is 2. The summed E-state index contributed by atoms with van der Waals surface area (Å²) in [7, 11) is 0. The normalized spacial score (nSPS) is 10.8. The Morgan fingerprint density at radius 3 is 3.00 bits per heavy atom. The highest BCUT2D eigenvalue weighted by molar-refractivity contribution is 9.10. The fraction of sp³-hybridized carbons (Fsp3) is 0.0714. The van der Waals surface area contributed by atoms with Gasteiger partial charge in [-0.05, 0) is 46.3 Å². The van der Waals surface area contributed by atoms with Crippen LogP contribution in [0.2, 0.25) is 5.02 Å². The van der Waals surface area contributed by atoms with E-state index in [0.29, 0.717) is 11.6 Å². The van der Waals surface area contributed by atoms with Crippen LogP contribution < -0.4 is 5.32 Å². The van der Waals surface area contributed by atoms with E-state index < -0.39 is 0 Å². The van der Waals surface area contributed by atoms with Crippen molar-refractivity contribution in [3.63, 3.8) is 0 Å². The minimum Gasteiger partial charge on any atom is -0.378 e. The molecule has 0 aliphatic rings. The molecule has 19 heavy (non-hydrogen) atoms. The molecule has 0 spiro atoms. The number of aromatic nitrogens is 2. The third-order valence-corrected chi connectivity index (χ3v) is 3.73. The van der Waals surface area contributed by atoms with Gasteiger partial charge in [-0.15, -0.1) is 0 Å². The van der Waals surface area contributed by atoms with Crippen LogP contribution in [0.5, 0.6) is 0 Å². The molecule has 0 fully saturated rings. The summed E-state index contributed by atoms with van der Waals surface area (Å²) in [6, 6.07) is 11.6. The maximum atomic E-state index is 5.98. The Kier molecular flexibility index (Phi) is 3.44. The van der Waals surface area contributed by atoms with Gasteiger partial charge in [-0.2, -0.15) is 0 Å². The molecule has 2 heterocycles. The van der Waals surface area contributed by atoms with E-state index in [9.17, 15) is 0 Å². The van der Waals surface area contributed by atoms with Crippen LogP contribution in [0.15, 0.2) is 53.3 Å². The Morgan fingerprint density at radius 1 is 1.26 bits per heavy atom. The molecule has 0 amide bonds. The lowest BCUT2D eigenvalue weighted by molar-refractivity contribution is 1.08. The van der Waals surface area contributed by atoms with Crippen LogP contribution >= 0.6 is 27.5 Å². The standard InChI is InChI=1S/C14H11BrClN3/c15-12-5-4-10(16)7-13(12)17-8-11-9-19-6-2-1-3-14(19)18-11/h1-7,9,17H,8H2. The average Bonchev–Trinajstić information content (AvgIpc) is 2.82. The molecule has 0 atom stereocenters. The van der Waals surface area contributed by atoms with E-state index in [0.717, 1.165) is 21.5 Å². The van der Waals surface area contributed by atoms with Gasteiger partial charge < -0.3 is 9.72 Å². The summed E-state index contributed by atoms with van der Waals surface area (Å²) in [6.07, 6.45) is 4.00. The summed E-state index contributed by atoms with van der Waals surface area (Å²) >= 11 is 9.47. The zero-order valence-electron chi connectivity index (χ0n) is 9.98. The lowest BCUT2D eigenvalue weighted by Crippen LogP contribution is -2.00. The molecule has 5 heteroatoms. The number of anilines is 1. The number of benzene rings is 1. The first kappa shape index (κ1) is 12.5. The molecule has 0 saturated carbocycles. The molecule has 3 nitrogen and oxygen atoms in total. The lowest BCUT2D eigenvalue weighted by Gasteiger charge is -2.07. The van der Waals surface area contributed by atoms with E-state index in [-0.39, 0.29) is 0 Å². The largest absolute Gasteiger partial charge is 0.378 e. The van der Waals surface area contributed by atoms with Gasteiger partial charge in [0.05, 0.1) is 17.9 Å². The maximum absolute atomic E-state index is 5.98. The van der Waals surface area contributed by atoms with Crippen molar-refractivity contribution in [1.29, 1.82) is 0 Å². The fourth-order valence-corrected chi connectivity index (χ4v) is 2.45. The molecule has 3 rings (SSSR count). The second kappa shape index (κ2) is 5.23. The summed E-state index contributed by atoms with van der Waals surface area (Å²) in [4.78, 5) is 4.53. The molecular weight excluding hydrogens is 326 g/mol. The van der Waals surface area contributed by atoms with Crippen molar-refractivity contribution in [1.82, 2.24) is 9.38 Å². The molecule has 0 aliphatic heterocycles. The minimum atomic E-state index is 0.653. The number of hydrogen-bond donors (Lipinski definition) is 1.